The molecule has 0 saturated heterocycles. The largest absolute Gasteiger partial charge is 0.318 e. The van der Waals surface area contributed by atoms with Gasteiger partial charge in [-0.05, 0) is 41.9 Å². The van der Waals surface area contributed by atoms with E-state index in [9.17, 15) is 8.42 Å². The van der Waals surface area contributed by atoms with Gasteiger partial charge in [0.05, 0.1) is 17.9 Å². The Kier molecular flexibility index (Phi) is 6.33. The van der Waals surface area contributed by atoms with Crippen LogP contribution in [0.1, 0.15) is 18.3 Å². The van der Waals surface area contributed by atoms with Gasteiger partial charge in [0, 0.05) is 19.1 Å². The SMILES string of the molecule is CNCCn1nc(C)c(S(=O)(=O)NC(C)CN(C)C)c1C. The highest BCUT2D eigenvalue weighted by molar-refractivity contribution is 7.89. The van der Waals surface area contributed by atoms with Crippen LogP contribution in [-0.4, -0.2) is 63.4 Å². The van der Waals surface area contributed by atoms with Gasteiger partial charge in [-0.25, -0.2) is 13.1 Å². The van der Waals surface area contributed by atoms with Crippen LogP contribution in [0.3, 0.4) is 0 Å². The zero-order valence-corrected chi connectivity index (χ0v) is 14.6. The van der Waals surface area contributed by atoms with Crippen molar-refractivity contribution in [2.24, 2.45) is 0 Å². The van der Waals surface area contributed by atoms with E-state index in [1.54, 1.807) is 18.5 Å². The number of likely N-dealkylation sites (N-methyl/N-ethyl adjacent to an activating group) is 2. The van der Waals surface area contributed by atoms with Crippen LogP contribution in [0.15, 0.2) is 4.90 Å². The van der Waals surface area contributed by atoms with Crippen LogP contribution in [0.5, 0.6) is 0 Å². The smallest absolute Gasteiger partial charge is 0.244 e. The summed E-state index contributed by atoms with van der Waals surface area (Å²) in [6.45, 7) is 7.41. The number of nitrogens with zero attached hydrogens (tertiary/aromatic N) is 3. The van der Waals surface area contributed by atoms with Gasteiger partial charge in [0.2, 0.25) is 10.0 Å². The number of rotatable bonds is 8. The second-order valence-electron chi connectivity index (χ2n) is 5.61. The van der Waals surface area contributed by atoms with Crippen molar-refractivity contribution in [3.05, 3.63) is 11.4 Å². The molecule has 0 spiro atoms. The van der Waals surface area contributed by atoms with Crippen LogP contribution in [0, 0.1) is 13.8 Å². The topological polar surface area (TPSA) is 79.3 Å². The molecule has 1 aromatic heterocycles. The molecule has 8 heteroatoms. The van der Waals surface area contributed by atoms with E-state index in [1.807, 2.05) is 33.0 Å². The first-order chi connectivity index (χ1) is 9.69. The average Bonchev–Trinajstić information content (AvgIpc) is 2.60. The maximum atomic E-state index is 12.6. The molecule has 2 N–H and O–H groups in total. The van der Waals surface area contributed by atoms with Gasteiger partial charge in [0.15, 0.2) is 0 Å². The predicted octanol–water partition coefficient (Wildman–Crippen LogP) is -0.0523. The predicted molar refractivity (Wildman–Crippen MR) is 84.0 cm³/mol. The molecule has 0 bridgehead atoms. The van der Waals surface area contributed by atoms with Crippen molar-refractivity contribution in [3.8, 4) is 0 Å². The van der Waals surface area contributed by atoms with Crippen molar-refractivity contribution in [2.75, 3.05) is 34.2 Å². The lowest BCUT2D eigenvalue weighted by atomic mass is 10.3. The number of hydrogen-bond donors (Lipinski definition) is 2. The van der Waals surface area contributed by atoms with Crippen molar-refractivity contribution in [2.45, 2.75) is 38.3 Å². The van der Waals surface area contributed by atoms with Crippen molar-refractivity contribution in [1.82, 2.24) is 24.7 Å². The molecular weight excluding hydrogens is 290 g/mol. The van der Waals surface area contributed by atoms with Crippen molar-refractivity contribution in [1.29, 1.82) is 0 Å². The van der Waals surface area contributed by atoms with E-state index in [0.717, 1.165) is 6.54 Å². The van der Waals surface area contributed by atoms with Crippen LogP contribution in [0.4, 0.5) is 0 Å². The van der Waals surface area contributed by atoms with E-state index < -0.39 is 10.0 Å². The fraction of sp³-hybridized carbons (Fsp3) is 0.769. The standard InChI is InChI=1S/C13H27N5O2S/c1-10(9-17(5)6)16-21(19,20)13-11(2)15-18(12(13)3)8-7-14-4/h10,14,16H,7-9H2,1-6H3. The first kappa shape index (κ1) is 18.1. The summed E-state index contributed by atoms with van der Waals surface area (Å²) in [6.07, 6.45) is 0. The van der Waals surface area contributed by atoms with Crippen LogP contribution < -0.4 is 10.0 Å². The van der Waals surface area contributed by atoms with Gasteiger partial charge < -0.3 is 10.2 Å². The normalized spacial score (nSPS) is 13.9. The Bertz CT molecular complexity index is 565. The Hall–Kier alpha value is -0.960. The van der Waals surface area contributed by atoms with Crippen LogP contribution in [0.25, 0.3) is 0 Å². The maximum absolute atomic E-state index is 12.6. The Morgan fingerprint density at radius 2 is 1.95 bits per heavy atom. The van der Waals surface area contributed by atoms with Crippen molar-refractivity contribution in [3.63, 3.8) is 0 Å². The minimum absolute atomic E-state index is 0.163. The van der Waals surface area contributed by atoms with Gasteiger partial charge >= 0.3 is 0 Å². The summed E-state index contributed by atoms with van der Waals surface area (Å²) in [5.41, 5.74) is 1.21. The fourth-order valence-electron chi connectivity index (χ4n) is 2.41. The highest BCUT2D eigenvalue weighted by Crippen LogP contribution is 2.19. The zero-order chi connectivity index (χ0) is 16.2. The van der Waals surface area contributed by atoms with Gasteiger partial charge in [-0.3, -0.25) is 4.68 Å². The molecular formula is C13H27N5O2S. The number of aryl methyl sites for hydroxylation is 1. The van der Waals surface area contributed by atoms with Gasteiger partial charge in [0.1, 0.15) is 4.90 Å². The molecule has 7 nitrogen and oxygen atoms in total. The molecule has 0 amide bonds. The van der Waals surface area contributed by atoms with Gasteiger partial charge in [-0.15, -0.1) is 0 Å². The van der Waals surface area contributed by atoms with Gasteiger partial charge in [-0.2, -0.15) is 5.10 Å². The summed E-state index contributed by atoms with van der Waals surface area (Å²) >= 11 is 0. The van der Waals surface area contributed by atoms with Crippen molar-refractivity contribution >= 4 is 10.0 Å². The first-order valence-corrected chi connectivity index (χ1v) is 8.53. The van der Waals surface area contributed by atoms with Crippen molar-refractivity contribution < 1.29 is 8.42 Å². The summed E-state index contributed by atoms with van der Waals surface area (Å²) in [6, 6.07) is -0.163. The number of aromatic nitrogens is 2. The molecule has 1 atom stereocenters. The molecule has 0 aliphatic heterocycles. The molecule has 1 rings (SSSR count). The summed E-state index contributed by atoms with van der Waals surface area (Å²) in [5.74, 6) is 0. The Labute approximate surface area is 127 Å². The molecule has 122 valence electrons. The summed E-state index contributed by atoms with van der Waals surface area (Å²) in [4.78, 5) is 2.24. The molecule has 1 unspecified atom stereocenters. The van der Waals surface area contributed by atoms with Gasteiger partial charge in [-0.1, -0.05) is 0 Å². The average molecular weight is 317 g/mol. The third-order valence-corrected chi connectivity index (χ3v) is 4.99. The summed E-state index contributed by atoms with van der Waals surface area (Å²) in [5, 5.41) is 7.36. The number of sulfonamides is 1. The first-order valence-electron chi connectivity index (χ1n) is 7.04. The molecule has 1 heterocycles. The summed E-state index contributed by atoms with van der Waals surface area (Å²) < 4.78 is 29.6. The molecule has 0 aromatic carbocycles. The monoisotopic (exact) mass is 317 g/mol. The molecule has 0 aliphatic rings. The van der Waals surface area contributed by atoms with Crippen LogP contribution in [-0.2, 0) is 16.6 Å². The number of nitrogens with one attached hydrogen (secondary N) is 2. The molecule has 0 aliphatic carbocycles. The Morgan fingerprint density at radius 3 is 2.48 bits per heavy atom. The van der Waals surface area contributed by atoms with Crippen LogP contribution in [0.2, 0.25) is 0 Å². The third-order valence-electron chi connectivity index (χ3n) is 3.15. The highest BCUT2D eigenvalue weighted by atomic mass is 32.2. The van der Waals surface area contributed by atoms with E-state index in [4.69, 9.17) is 0 Å². The minimum Gasteiger partial charge on any atom is -0.318 e. The lowest BCUT2D eigenvalue weighted by molar-refractivity contribution is 0.370. The minimum atomic E-state index is -3.55. The maximum Gasteiger partial charge on any atom is 0.244 e. The molecule has 0 radical (unpaired) electrons. The second-order valence-corrected chi connectivity index (χ2v) is 7.26. The quantitative estimate of drug-likeness (QED) is 0.703. The van der Waals surface area contributed by atoms with E-state index in [-0.39, 0.29) is 6.04 Å². The van der Waals surface area contributed by atoms with Crippen LogP contribution >= 0.6 is 0 Å². The lowest BCUT2D eigenvalue weighted by Gasteiger charge is -2.18. The van der Waals surface area contributed by atoms with E-state index in [0.29, 0.717) is 29.4 Å². The Morgan fingerprint density at radius 1 is 1.33 bits per heavy atom. The molecule has 0 fully saturated rings. The highest BCUT2D eigenvalue weighted by Gasteiger charge is 2.26. The Balaban J connectivity index is 3.00. The molecule has 0 saturated carbocycles. The van der Waals surface area contributed by atoms with E-state index in [2.05, 4.69) is 15.1 Å². The van der Waals surface area contributed by atoms with E-state index >= 15 is 0 Å². The number of hydrogen-bond acceptors (Lipinski definition) is 5. The molecule has 1 aromatic rings. The second kappa shape index (κ2) is 7.35. The zero-order valence-electron chi connectivity index (χ0n) is 13.8. The van der Waals surface area contributed by atoms with Gasteiger partial charge in [0.25, 0.3) is 0 Å². The molecule has 21 heavy (non-hydrogen) atoms. The summed E-state index contributed by atoms with van der Waals surface area (Å²) in [7, 11) is 2.13. The fourth-order valence-corrected chi connectivity index (χ4v) is 4.06. The van der Waals surface area contributed by atoms with E-state index in [1.165, 1.54) is 0 Å². The lowest BCUT2D eigenvalue weighted by Crippen LogP contribution is -2.39. The third kappa shape index (κ3) is 4.77.